The summed E-state index contributed by atoms with van der Waals surface area (Å²) in [5.74, 6) is 0.106. The van der Waals surface area contributed by atoms with Crippen LogP contribution in [0.3, 0.4) is 0 Å². The van der Waals surface area contributed by atoms with Crippen molar-refractivity contribution in [3.63, 3.8) is 0 Å². The third-order valence-corrected chi connectivity index (χ3v) is 4.86. The number of fused-ring (bicyclic) bond motifs is 2. The van der Waals surface area contributed by atoms with Gasteiger partial charge in [-0.25, -0.2) is 4.79 Å². The molecule has 1 aliphatic heterocycles. The third-order valence-electron chi connectivity index (χ3n) is 4.86. The second kappa shape index (κ2) is 8.52. The van der Waals surface area contributed by atoms with Crippen LogP contribution in [0.4, 0.5) is 4.79 Å². The van der Waals surface area contributed by atoms with Gasteiger partial charge >= 0.3 is 6.09 Å². The first-order chi connectivity index (χ1) is 10.9. The predicted octanol–water partition coefficient (Wildman–Crippen LogP) is 2.15. The number of likely N-dealkylation sites (tertiary alicyclic amines) is 1. The topological polar surface area (TPSA) is 78.9 Å². The lowest BCUT2D eigenvalue weighted by molar-refractivity contribution is -0.140. The Morgan fingerprint density at radius 1 is 1.30 bits per heavy atom. The molecule has 0 aromatic carbocycles. The summed E-state index contributed by atoms with van der Waals surface area (Å²) in [4.78, 5) is 26.2. The van der Waals surface area contributed by atoms with Crippen molar-refractivity contribution in [1.29, 1.82) is 0 Å². The van der Waals surface area contributed by atoms with E-state index in [4.69, 9.17) is 0 Å². The van der Waals surface area contributed by atoms with Crippen molar-refractivity contribution in [2.45, 2.75) is 78.1 Å². The van der Waals surface area contributed by atoms with Crippen molar-refractivity contribution in [2.75, 3.05) is 7.11 Å². The van der Waals surface area contributed by atoms with Crippen molar-refractivity contribution in [2.24, 2.45) is 11.8 Å². The van der Waals surface area contributed by atoms with Crippen LogP contribution in [0.25, 0.3) is 0 Å². The highest BCUT2D eigenvalue weighted by molar-refractivity contribution is 5.86. The number of nitrogens with one attached hydrogen (secondary N) is 1. The van der Waals surface area contributed by atoms with Gasteiger partial charge in [-0.1, -0.05) is 34.6 Å². The first kappa shape index (κ1) is 19.7. The minimum atomic E-state index is -0.584. The highest BCUT2D eigenvalue weighted by Gasteiger charge is 2.53. The summed E-state index contributed by atoms with van der Waals surface area (Å²) in [7, 11) is 1.29. The van der Waals surface area contributed by atoms with E-state index < -0.39 is 12.1 Å². The van der Waals surface area contributed by atoms with Gasteiger partial charge in [0.1, 0.15) is 6.04 Å². The quantitative estimate of drug-likeness (QED) is 0.829. The normalized spacial score (nSPS) is 29.8. The molecule has 0 aromatic rings. The number of amides is 2. The molecule has 2 bridgehead atoms. The smallest absolute Gasteiger partial charge is 0.407 e. The fourth-order valence-corrected chi connectivity index (χ4v) is 3.84. The number of nitrogens with zero attached hydrogens (tertiary/aromatic N) is 1. The maximum atomic E-state index is 12.9. The Labute approximate surface area is 139 Å². The van der Waals surface area contributed by atoms with Gasteiger partial charge in [-0.3, -0.25) is 4.79 Å². The number of piperidine rings is 1. The van der Waals surface area contributed by atoms with Gasteiger partial charge < -0.3 is 20.1 Å². The lowest BCUT2D eigenvalue weighted by Crippen LogP contribution is -2.57. The summed E-state index contributed by atoms with van der Waals surface area (Å²) in [6, 6.07) is -0.405. The molecular formula is C17H32N2O4. The van der Waals surface area contributed by atoms with Crippen LogP contribution in [0.1, 0.15) is 53.9 Å². The summed E-state index contributed by atoms with van der Waals surface area (Å²) in [6.07, 6.45) is 1.46. The summed E-state index contributed by atoms with van der Waals surface area (Å²) in [5.41, 5.74) is 0. The first-order valence-electron chi connectivity index (χ1n) is 8.75. The Balaban J connectivity index is 0.00000127. The highest BCUT2D eigenvalue weighted by Crippen LogP contribution is 2.44. The zero-order chi connectivity index (χ0) is 17.7. The van der Waals surface area contributed by atoms with Crippen molar-refractivity contribution in [3.05, 3.63) is 0 Å². The molecule has 23 heavy (non-hydrogen) atoms. The molecule has 2 amide bonds. The number of alkyl carbamates (subject to hydrolysis) is 1. The standard InChI is InChI=1S/C15H26N2O4.C2H6/c1-5-11-10-6-9(7-12(10)18)17(11)14(19)13(8(2)3)16-15(20)21-4;1-2/h8-13,18H,5-7H2,1-4H3,(H,16,20);1-2H3/t9-,10-,11+,12+,13-;/m0./s1. The van der Waals surface area contributed by atoms with E-state index in [0.717, 1.165) is 12.8 Å². The fraction of sp³-hybridized carbons (Fsp3) is 0.882. The molecule has 6 heteroatoms. The van der Waals surface area contributed by atoms with Crippen LogP contribution in [-0.4, -0.2) is 53.3 Å². The van der Waals surface area contributed by atoms with Crippen molar-refractivity contribution < 1.29 is 19.4 Å². The minimum absolute atomic E-state index is 0.0156. The Morgan fingerprint density at radius 3 is 2.39 bits per heavy atom. The molecule has 6 nitrogen and oxygen atoms in total. The van der Waals surface area contributed by atoms with Crippen molar-refractivity contribution in [1.82, 2.24) is 10.2 Å². The summed E-state index contributed by atoms with van der Waals surface area (Å²) in [5, 5.41) is 12.7. The van der Waals surface area contributed by atoms with E-state index >= 15 is 0 Å². The predicted molar refractivity (Wildman–Crippen MR) is 89.0 cm³/mol. The van der Waals surface area contributed by atoms with Crippen LogP contribution in [0.5, 0.6) is 0 Å². The van der Waals surface area contributed by atoms with Crippen LogP contribution >= 0.6 is 0 Å². The lowest BCUT2D eigenvalue weighted by atomic mass is 9.92. The summed E-state index contributed by atoms with van der Waals surface area (Å²) >= 11 is 0. The maximum Gasteiger partial charge on any atom is 0.407 e. The number of rotatable bonds is 4. The van der Waals surface area contributed by atoms with E-state index in [-0.39, 0.29) is 35.9 Å². The second-order valence-electron chi connectivity index (χ2n) is 6.44. The van der Waals surface area contributed by atoms with Gasteiger partial charge in [0.05, 0.1) is 13.2 Å². The number of methoxy groups -OCH3 is 1. The molecule has 2 rings (SSSR count). The summed E-state index contributed by atoms with van der Waals surface area (Å²) in [6.45, 7) is 9.85. The number of hydrogen-bond donors (Lipinski definition) is 2. The number of ether oxygens (including phenoxy) is 1. The van der Waals surface area contributed by atoms with Crippen LogP contribution in [-0.2, 0) is 9.53 Å². The monoisotopic (exact) mass is 328 g/mol. The molecule has 2 fully saturated rings. The van der Waals surface area contributed by atoms with E-state index in [9.17, 15) is 14.7 Å². The maximum absolute atomic E-state index is 12.9. The molecule has 5 atom stereocenters. The van der Waals surface area contributed by atoms with Crippen LogP contribution in [0.15, 0.2) is 0 Å². The van der Waals surface area contributed by atoms with Gasteiger partial charge in [-0.05, 0) is 25.2 Å². The molecule has 1 saturated carbocycles. The molecule has 0 radical (unpaired) electrons. The Hall–Kier alpha value is -1.30. The van der Waals surface area contributed by atoms with E-state index in [1.54, 1.807) is 0 Å². The average molecular weight is 328 g/mol. The molecule has 2 N–H and O–H groups in total. The first-order valence-corrected chi connectivity index (χ1v) is 8.75. The van der Waals surface area contributed by atoms with Crippen molar-refractivity contribution in [3.8, 4) is 0 Å². The van der Waals surface area contributed by atoms with Crippen LogP contribution in [0, 0.1) is 11.8 Å². The average Bonchev–Trinajstić information content (AvgIpc) is 3.09. The molecule has 2 aliphatic rings. The van der Waals surface area contributed by atoms with Gasteiger partial charge in [-0.15, -0.1) is 0 Å². The largest absolute Gasteiger partial charge is 0.453 e. The third kappa shape index (κ3) is 3.97. The number of aliphatic hydroxyl groups excluding tert-OH is 1. The highest BCUT2D eigenvalue weighted by atomic mass is 16.5. The fourth-order valence-electron chi connectivity index (χ4n) is 3.84. The molecule has 1 aliphatic carbocycles. The molecule has 1 heterocycles. The van der Waals surface area contributed by atoms with Crippen molar-refractivity contribution >= 4 is 12.0 Å². The molecule has 0 spiro atoms. The zero-order valence-corrected chi connectivity index (χ0v) is 15.2. The Morgan fingerprint density at radius 2 is 1.91 bits per heavy atom. The summed E-state index contributed by atoms with van der Waals surface area (Å²) < 4.78 is 4.62. The number of aliphatic hydroxyl groups is 1. The van der Waals surface area contributed by atoms with E-state index in [1.807, 2.05) is 39.5 Å². The number of carbonyl (C=O) groups excluding carboxylic acids is 2. The second-order valence-corrected chi connectivity index (χ2v) is 6.44. The molecule has 134 valence electrons. The Kier molecular flexibility index (Phi) is 7.32. The molecule has 0 aromatic heterocycles. The SMILES string of the molecule is CC.CC[C@@H]1[C@@H]2C[C@@H](C[C@H]2O)N1C(=O)[C@@H](NC(=O)OC)C(C)C. The lowest BCUT2D eigenvalue weighted by Gasteiger charge is -2.39. The van der Waals surface area contributed by atoms with Crippen LogP contribution in [0.2, 0.25) is 0 Å². The van der Waals surface area contributed by atoms with Gasteiger partial charge in [-0.2, -0.15) is 0 Å². The van der Waals surface area contributed by atoms with Gasteiger partial charge in [0.15, 0.2) is 0 Å². The van der Waals surface area contributed by atoms with E-state index in [2.05, 4.69) is 10.1 Å². The zero-order valence-electron chi connectivity index (χ0n) is 15.2. The van der Waals surface area contributed by atoms with Crippen LogP contribution < -0.4 is 5.32 Å². The van der Waals surface area contributed by atoms with Gasteiger partial charge in [0, 0.05) is 18.0 Å². The van der Waals surface area contributed by atoms with E-state index in [0.29, 0.717) is 6.42 Å². The number of carbonyl (C=O) groups is 2. The van der Waals surface area contributed by atoms with Gasteiger partial charge in [0.2, 0.25) is 5.91 Å². The minimum Gasteiger partial charge on any atom is -0.453 e. The van der Waals surface area contributed by atoms with E-state index in [1.165, 1.54) is 7.11 Å². The van der Waals surface area contributed by atoms with Gasteiger partial charge in [0.25, 0.3) is 0 Å². The molecule has 1 saturated heterocycles. The number of hydrogen-bond acceptors (Lipinski definition) is 4. The molecular weight excluding hydrogens is 296 g/mol. The Bertz CT molecular complexity index is 413. The molecule has 0 unspecified atom stereocenters.